The van der Waals surface area contributed by atoms with Gasteiger partial charge in [0.15, 0.2) is 5.78 Å². The number of H-pyrrole nitrogens is 2. The molecule has 0 aromatic carbocycles. The smallest absolute Gasteiger partial charge is 0.340 e. The summed E-state index contributed by atoms with van der Waals surface area (Å²) in [5.41, 5.74) is 2.18. The van der Waals surface area contributed by atoms with Crippen molar-refractivity contribution < 1.29 is 14.3 Å². The standard InChI is InChI=1S/C19H26N4O3S/c1-4-26-18(25)16-11(2)17(20-12(16)3)14(24)10-27-19-21-15(22-23-19)9-13-7-5-6-8-13/h13,20H,4-10H2,1-3H3,(H,21,22,23). The molecular formula is C19H26N4O3S. The first-order valence-corrected chi connectivity index (χ1v) is 10.4. The van der Waals surface area contributed by atoms with Gasteiger partial charge in [-0.05, 0) is 32.3 Å². The number of nitrogens with zero attached hydrogens (tertiary/aromatic N) is 2. The molecule has 2 N–H and O–H groups in total. The molecule has 0 aliphatic heterocycles. The predicted octanol–water partition coefficient (Wildman–Crippen LogP) is 3.63. The molecule has 0 saturated heterocycles. The molecule has 0 amide bonds. The molecule has 0 spiro atoms. The summed E-state index contributed by atoms with van der Waals surface area (Å²) in [4.78, 5) is 32.2. The van der Waals surface area contributed by atoms with Crippen molar-refractivity contribution in [2.24, 2.45) is 5.92 Å². The third kappa shape index (κ3) is 4.61. The van der Waals surface area contributed by atoms with Gasteiger partial charge in [0.2, 0.25) is 5.16 Å². The summed E-state index contributed by atoms with van der Waals surface area (Å²) in [5, 5.41) is 7.79. The monoisotopic (exact) mass is 390 g/mol. The number of Topliss-reactive ketones (excluding diaryl/α,β-unsaturated/α-hetero) is 1. The maximum absolute atomic E-state index is 12.6. The molecular weight excluding hydrogens is 364 g/mol. The van der Waals surface area contributed by atoms with E-state index in [-0.39, 0.29) is 11.5 Å². The van der Waals surface area contributed by atoms with E-state index in [4.69, 9.17) is 4.74 Å². The van der Waals surface area contributed by atoms with Crippen LogP contribution >= 0.6 is 11.8 Å². The normalized spacial score (nSPS) is 14.6. The Labute approximate surface area is 163 Å². The van der Waals surface area contributed by atoms with Gasteiger partial charge < -0.3 is 9.72 Å². The largest absolute Gasteiger partial charge is 0.462 e. The number of aromatic nitrogens is 4. The van der Waals surface area contributed by atoms with Crippen molar-refractivity contribution in [3.63, 3.8) is 0 Å². The van der Waals surface area contributed by atoms with Crippen LogP contribution in [0.2, 0.25) is 0 Å². The Morgan fingerprint density at radius 2 is 2.00 bits per heavy atom. The number of rotatable bonds is 8. The fourth-order valence-corrected chi connectivity index (χ4v) is 4.35. The molecule has 1 aliphatic carbocycles. The number of esters is 1. The van der Waals surface area contributed by atoms with Gasteiger partial charge in [-0.2, -0.15) is 0 Å². The van der Waals surface area contributed by atoms with Crippen molar-refractivity contribution in [3.8, 4) is 0 Å². The van der Waals surface area contributed by atoms with Crippen LogP contribution in [0.5, 0.6) is 0 Å². The van der Waals surface area contributed by atoms with Crippen LogP contribution in [-0.4, -0.2) is 44.3 Å². The summed E-state index contributed by atoms with van der Waals surface area (Å²) in [6.07, 6.45) is 6.06. The van der Waals surface area contributed by atoms with Gasteiger partial charge in [-0.15, -0.1) is 5.10 Å². The zero-order valence-electron chi connectivity index (χ0n) is 16.1. The van der Waals surface area contributed by atoms with Crippen molar-refractivity contribution in [1.82, 2.24) is 20.2 Å². The summed E-state index contributed by atoms with van der Waals surface area (Å²) < 4.78 is 5.07. The van der Waals surface area contributed by atoms with Crippen molar-refractivity contribution in [2.75, 3.05) is 12.4 Å². The minimum atomic E-state index is -0.402. The summed E-state index contributed by atoms with van der Waals surface area (Å²) in [7, 11) is 0. The second kappa shape index (κ2) is 8.73. The topological polar surface area (TPSA) is 101 Å². The van der Waals surface area contributed by atoms with E-state index in [0.29, 0.717) is 40.2 Å². The van der Waals surface area contributed by atoms with Crippen molar-refractivity contribution in [3.05, 3.63) is 28.3 Å². The molecule has 3 rings (SSSR count). The van der Waals surface area contributed by atoms with Crippen molar-refractivity contribution in [1.29, 1.82) is 0 Å². The first-order valence-electron chi connectivity index (χ1n) is 9.43. The average Bonchev–Trinajstić information content (AvgIpc) is 3.35. The van der Waals surface area contributed by atoms with Crippen LogP contribution in [0.4, 0.5) is 0 Å². The Balaban J connectivity index is 1.60. The molecule has 0 atom stereocenters. The summed E-state index contributed by atoms with van der Waals surface area (Å²) in [6, 6.07) is 0. The molecule has 0 radical (unpaired) electrons. The fraction of sp³-hybridized carbons (Fsp3) is 0.579. The highest BCUT2D eigenvalue weighted by Crippen LogP contribution is 2.27. The van der Waals surface area contributed by atoms with Crippen LogP contribution in [0, 0.1) is 19.8 Å². The van der Waals surface area contributed by atoms with Gasteiger partial charge in [-0.1, -0.05) is 37.4 Å². The predicted molar refractivity (Wildman–Crippen MR) is 103 cm³/mol. The van der Waals surface area contributed by atoms with Gasteiger partial charge in [-0.3, -0.25) is 9.89 Å². The number of aryl methyl sites for hydroxylation is 1. The van der Waals surface area contributed by atoms with Crippen LogP contribution in [0.1, 0.15) is 70.5 Å². The molecule has 0 bridgehead atoms. The number of ether oxygens (including phenoxy) is 1. The minimum Gasteiger partial charge on any atom is -0.462 e. The first-order chi connectivity index (χ1) is 13.0. The van der Waals surface area contributed by atoms with Crippen molar-refractivity contribution in [2.45, 2.75) is 58.0 Å². The lowest BCUT2D eigenvalue weighted by atomic mass is 10.0. The molecule has 1 saturated carbocycles. The van der Waals surface area contributed by atoms with Gasteiger partial charge in [0.05, 0.1) is 23.6 Å². The van der Waals surface area contributed by atoms with Crippen LogP contribution in [0.25, 0.3) is 0 Å². The maximum Gasteiger partial charge on any atom is 0.340 e. The SMILES string of the molecule is CCOC(=O)c1c(C)[nH]c(C(=O)CSc2n[nH]c(CC3CCCC3)n2)c1C. The average molecular weight is 391 g/mol. The molecule has 27 heavy (non-hydrogen) atoms. The maximum atomic E-state index is 12.6. The Kier molecular flexibility index (Phi) is 6.36. The van der Waals surface area contributed by atoms with E-state index in [1.54, 1.807) is 20.8 Å². The van der Waals surface area contributed by atoms with Gasteiger partial charge in [0, 0.05) is 12.1 Å². The van der Waals surface area contributed by atoms with Gasteiger partial charge in [0.25, 0.3) is 0 Å². The van der Waals surface area contributed by atoms with E-state index in [1.165, 1.54) is 37.4 Å². The van der Waals surface area contributed by atoms with Crippen molar-refractivity contribution >= 4 is 23.5 Å². The number of carbonyl (C=O) groups is 2. The van der Waals surface area contributed by atoms with Crippen LogP contribution in [-0.2, 0) is 11.2 Å². The molecule has 8 heteroatoms. The molecule has 7 nitrogen and oxygen atoms in total. The zero-order chi connectivity index (χ0) is 19.4. The second-order valence-corrected chi connectivity index (χ2v) is 7.92. The number of hydrogen-bond acceptors (Lipinski definition) is 6. The Morgan fingerprint density at radius 1 is 1.26 bits per heavy atom. The van der Waals surface area contributed by atoms with E-state index in [9.17, 15) is 9.59 Å². The lowest BCUT2D eigenvalue weighted by molar-refractivity contribution is 0.0525. The van der Waals surface area contributed by atoms with E-state index in [1.807, 2.05) is 0 Å². The number of carbonyl (C=O) groups excluding carboxylic acids is 2. The molecule has 0 unspecified atom stereocenters. The Hall–Kier alpha value is -2.09. The molecule has 1 aliphatic rings. The van der Waals surface area contributed by atoms with Gasteiger partial charge in [-0.25, -0.2) is 9.78 Å². The molecule has 2 aromatic heterocycles. The minimum absolute atomic E-state index is 0.0849. The molecule has 146 valence electrons. The third-order valence-electron chi connectivity index (χ3n) is 5.00. The number of thioether (sulfide) groups is 1. The summed E-state index contributed by atoms with van der Waals surface area (Å²) >= 11 is 1.31. The number of hydrogen-bond donors (Lipinski definition) is 2. The third-order valence-corrected chi connectivity index (χ3v) is 5.84. The highest BCUT2D eigenvalue weighted by molar-refractivity contribution is 7.99. The highest BCUT2D eigenvalue weighted by atomic mass is 32.2. The summed E-state index contributed by atoms with van der Waals surface area (Å²) in [6.45, 7) is 5.60. The van der Waals surface area contributed by atoms with Crippen LogP contribution in [0.15, 0.2) is 5.16 Å². The lowest BCUT2D eigenvalue weighted by Gasteiger charge is -2.04. The first kappa shape index (κ1) is 19.7. The van der Waals surface area contributed by atoms with E-state index in [2.05, 4.69) is 20.2 Å². The van der Waals surface area contributed by atoms with E-state index in [0.717, 1.165) is 12.2 Å². The van der Waals surface area contributed by atoms with Gasteiger partial charge in [0.1, 0.15) is 5.82 Å². The molecule has 2 aromatic rings. The van der Waals surface area contributed by atoms with Gasteiger partial charge >= 0.3 is 5.97 Å². The molecule has 1 fully saturated rings. The zero-order valence-corrected chi connectivity index (χ0v) is 16.9. The van der Waals surface area contributed by atoms with E-state index >= 15 is 0 Å². The highest BCUT2D eigenvalue weighted by Gasteiger charge is 2.23. The number of nitrogens with one attached hydrogen (secondary N) is 2. The lowest BCUT2D eigenvalue weighted by Crippen LogP contribution is -2.08. The number of aromatic amines is 2. The Morgan fingerprint density at radius 3 is 2.70 bits per heavy atom. The van der Waals surface area contributed by atoms with Crippen LogP contribution < -0.4 is 0 Å². The second-order valence-electron chi connectivity index (χ2n) is 6.98. The summed E-state index contributed by atoms with van der Waals surface area (Å²) in [5.74, 6) is 1.32. The Bertz CT molecular complexity index is 821. The molecule has 2 heterocycles. The van der Waals surface area contributed by atoms with E-state index < -0.39 is 5.97 Å². The fourth-order valence-electron chi connectivity index (χ4n) is 3.66. The van der Waals surface area contributed by atoms with Crippen LogP contribution in [0.3, 0.4) is 0 Å². The quantitative estimate of drug-likeness (QED) is 0.405. The number of ketones is 1.